The molecule has 1 amide bonds. The zero-order valence-corrected chi connectivity index (χ0v) is 17.5. The van der Waals surface area contributed by atoms with Crippen molar-refractivity contribution in [2.24, 2.45) is 0 Å². The Labute approximate surface area is 190 Å². The molecule has 0 aromatic heterocycles. The van der Waals surface area contributed by atoms with E-state index in [1.54, 1.807) is 31.2 Å². The van der Waals surface area contributed by atoms with E-state index in [1.165, 1.54) is 6.07 Å². The van der Waals surface area contributed by atoms with Gasteiger partial charge in [-0.2, -0.15) is 0 Å². The molecule has 33 heavy (non-hydrogen) atoms. The number of nitrogens with one attached hydrogen (secondary N) is 2. The van der Waals surface area contributed by atoms with E-state index < -0.39 is 37.6 Å². The summed E-state index contributed by atoms with van der Waals surface area (Å²) in [5, 5.41) is 38.9. The molecule has 0 radical (unpaired) electrons. The van der Waals surface area contributed by atoms with E-state index in [-0.39, 0.29) is 22.1 Å². The number of carbonyl (C=O) groups excluding carboxylic acids is 1. The van der Waals surface area contributed by atoms with Gasteiger partial charge in [-0.3, -0.25) is 35.1 Å². The van der Waals surface area contributed by atoms with E-state index in [4.69, 9.17) is 11.6 Å². The Kier molecular flexibility index (Phi) is 6.49. The summed E-state index contributed by atoms with van der Waals surface area (Å²) in [6, 6.07) is 11.7. The Morgan fingerprint density at radius 2 is 1.52 bits per heavy atom. The van der Waals surface area contributed by atoms with Gasteiger partial charge in [-0.25, -0.2) is 0 Å². The molecule has 0 aliphatic heterocycles. The van der Waals surface area contributed by atoms with Crippen molar-refractivity contribution in [2.45, 2.75) is 6.92 Å². The van der Waals surface area contributed by atoms with Crippen LogP contribution >= 0.6 is 11.6 Å². The molecule has 0 heterocycles. The number of nitro benzene ring substituents is 3. The lowest BCUT2D eigenvalue weighted by atomic mass is 10.1. The Bertz CT molecular complexity index is 1310. The minimum atomic E-state index is -0.950. The van der Waals surface area contributed by atoms with Crippen molar-refractivity contribution in [1.82, 2.24) is 0 Å². The lowest BCUT2D eigenvalue weighted by Crippen LogP contribution is -2.16. The number of rotatable bonds is 7. The van der Waals surface area contributed by atoms with Gasteiger partial charge < -0.3 is 10.6 Å². The van der Waals surface area contributed by atoms with Crippen LogP contribution in [0.5, 0.6) is 0 Å². The topological polar surface area (TPSA) is 171 Å². The number of benzene rings is 3. The largest absolute Gasteiger partial charge is 0.349 e. The van der Waals surface area contributed by atoms with E-state index in [0.29, 0.717) is 11.3 Å². The fraction of sp³-hybridized carbons (Fsp3) is 0.0500. The molecule has 0 atom stereocenters. The van der Waals surface area contributed by atoms with Gasteiger partial charge in [0.05, 0.1) is 37.1 Å². The summed E-state index contributed by atoms with van der Waals surface area (Å²) in [4.78, 5) is 44.6. The Hall–Kier alpha value is -4.58. The monoisotopic (exact) mass is 471 g/mol. The second kappa shape index (κ2) is 9.28. The lowest BCUT2D eigenvalue weighted by Gasteiger charge is -2.14. The van der Waals surface area contributed by atoms with Gasteiger partial charge >= 0.3 is 0 Å². The van der Waals surface area contributed by atoms with Gasteiger partial charge in [-0.15, -0.1) is 0 Å². The second-order valence-corrected chi connectivity index (χ2v) is 7.12. The molecule has 0 saturated heterocycles. The van der Waals surface area contributed by atoms with Crippen molar-refractivity contribution in [3.8, 4) is 0 Å². The number of halogens is 1. The zero-order chi connectivity index (χ0) is 24.3. The van der Waals surface area contributed by atoms with Crippen LogP contribution in [0.1, 0.15) is 15.9 Å². The molecule has 0 bridgehead atoms. The summed E-state index contributed by atoms with van der Waals surface area (Å²) >= 11 is 6.01. The van der Waals surface area contributed by atoms with Crippen molar-refractivity contribution in [1.29, 1.82) is 0 Å². The third-order valence-electron chi connectivity index (χ3n) is 4.57. The summed E-state index contributed by atoms with van der Waals surface area (Å²) < 4.78 is 0. The summed E-state index contributed by atoms with van der Waals surface area (Å²) in [5.41, 5.74) is -1.21. The van der Waals surface area contributed by atoms with Crippen molar-refractivity contribution >= 4 is 51.6 Å². The Morgan fingerprint density at radius 1 is 0.848 bits per heavy atom. The first-order valence-electron chi connectivity index (χ1n) is 9.13. The molecule has 12 nitrogen and oxygen atoms in total. The average molecular weight is 472 g/mol. The van der Waals surface area contributed by atoms with Crippen LogP contribution in [0, 0.1) is 37.3 Å². The first-order chi connectivity index (χ1) is 15.6. The second-order valence-electron chi connectivity index (χ2n) is 6.72. The van der Waals surface area contributed by atoms with Crippen LogP contribution in [0.25, 0.3) is 0 Å². The van der Waals surface area contributed by atoms with Gasteiger partial charge in [0.1, 0.15) is 5.69 Å². The minimum Gasteiger partial charge on any atom is -0.349 e. The fourth-order valence-electron chi connectivity index (χ4n) is 2.93. The molecule has 0 unspecified atom stereocenters. The standard InChI is InChI=1S/C20H14ClN5O7/c1-11-4-2-3-5-16(11)22-19-14(8-13(25(30)31)10-18(19)26(32)33)20(27)23-17-7-6-12(24(28)29)9-15(17)21/h2-10,22H,1H3,(H,23,27). The van der Waals surface area contributed by atoms with Crippen LogP contribution in [0.4, 0.5) is 34.1 Å². The van der Waals surface area contributed by atoms with E-state index in [2.05, 4.69) is 10.6 Å². The van der Waals surface area contributed by atoms with E-state index in [9.17, 15) is 35.1 Å². The Morgan fingerprint density at radius 3 is 2.09 bits per heavy atom. The highest BCUT2D eigenvalue weighted by Crippen LogP contribution is 2.37. The van der Waals surface area contributed by atoms with E-state index in [0.717, 1.165) is 24.3 Å². The van der Waals surface area contributed by atoms with Crippen LogP contribution < -0.4 is 10.6 Å². The molecule has 13 heteroatoms. The highest BCUT2D eigenvalue weighted by Gasteiger charge is 2.28. The van der Waals surface area contributed by atoms with Crippen molar-refractivity contribution < 1.29 is 19.6 Å². The third-order valence-corrected chi connectivity index (χ3v) is 4.88. The molecule has 0 fully saturated rings. The van der Waals surface area contributed by atoms with Gasteiger partial charge in [0.25, 0.3) is 23.0 Å². The smallest absolute Gasteiger partial charge is 0.300 e. The normalized spacial score (nSPS) is 10.4. The van der Waals surface area contributed by atoms with Crippen molar-refractivity contribution in [2.75, 3.05) is 10.6 Å². The maximum absolute atomic E-state index is 13.0. The van der Waals surface area contributed by atoms with Gasteiger partial charge in [-0.1, -0.05) is 29.8 Å². The number of aryl methyl sites for hydroxylation is 1. The van der Waals surface area contributed by atoms with Crippen LogP contribution in [0.2, 0.25) is 5.02 Å². The number of carbonyl (C=O) groups is 1. The van der Waals surface area contributed by atoms with Crippen LogP contribution in [0.3, 0.4) is 0 Å². The molecule has 0 aliphatic rings. The van der Waals surface area contributed by atoms with Crippen molar-refractivity contribution in [3.05, 3.63) is 101 Å². The van der Waals surface area contributed by atoms with E-state index in [1.807, 2.05) is 0 Å². The van der Waals surface area contributed by atoms with Crippen molar-refractivity contribution in [3.63, 3.8) is 0 Å². The highest BCUT2D eigenvalue weighted by atomic mass is 35.5. The molecule has 2 N–H and O–H groups in total. The molecule has 0 spiro atoms. The number of non-ortho nitro benzene ring substituents is 2. The predicted octanol–water partition coefficient (Wildman–Crippen LogP) is 5.37. The van der Waals surface area contributed by atoms with Crippen LogP contribution in [-0.2, 0) is 0 Å². The molecular weight excluding hydrogens is 458 g/mol. The molecule has 0 saturated carbocycles. The SMILES string of the molecule is Cc1ccccc1Nc1c(C(=O)Nc2ccc([N+](=O)[O-])cc2Cl)cc([N+](=O)[O-])cc1[N+](=O)[O-]. The van der Waals surface area contributed by atoms with Crippen LogP contribution in [-0.4, -0.2) is 20.7 Å². The molecule has 3 rings (SSSR count). The number of anilines is 3. The fourth-order valence-corrected chi connectivity index (χ4v) is 3.15. The maximum atomic E-state index is 13.0. The van der Waals surface area contributed by atoms with Gasteiger partial charge in [0.15, 0.2) is 0 Å². The lowest BCUT2D eigenvalue weighted by molar-refractivity contribution is -0.393. The molecule has 168 valence electrons. The summed E-state index contributed by atoms with van der Waals surface area (Å²) in [7, 11) is 0. The number of nitrogens with zero attached hydrogens (tertiary/aromatic N) is 3. The molecule has 3 aromatic rings. The number of hydrogen-bond donors (Lipinski definition) is 2. The average Bonchev–Trinajstić information content (AvgIpc) is 2.76. The molecule has 3 aromatic carbocycles. The third kappa shape index (κ3) is 5.02. The zero-order valence-electron chi connectivity index (χ0n) is 16.8. The first-order valence-corrected chi connectivity index (χ1v) is 9.51. The highest BCUT2D eigenvalue weighted by molar-refractivity contribution is 6.34. The number of hydrogen-bond acceptors (Lipinski definition) is 8. The minimum absolute atomic E-state index is 0.0248. The predicted molar refractivity (Wildman–Crippen MR) is 120 cm³/mol. The quantitative estimate of drug-likeness (QED) is 0.342. The Balaban J connectivity index is 2.13. The molecular formula is C20H14ClN5O7. The summed E-state index contributed by atoms with van der Waals surface area (Å²) in [6.45, 7) is 1.73. The number of nitro groups is 3. The van der Waals surface area contributed by atoms with Gasteiger partial charge in [-0.05, 0) is 24.6 Å². The number of amides is 1. The van der Waals surface area contributed by atoms with Crippen LogP contribution in [0.15, 0.2) is 54.6 Å². The maximum Gasteiger partial charge on any atom is 0.300 e. The van der Waals surface area contributed by atoms with E-state index >= 15 is 0 Å². The summed E-state index contributed by atoms with van der Waals surface area (Å²) in [5.74, 6) is -0.950. The van der Waals surface area contributed by atoms with Gasteiger partial charge in [0.2, 0.25) is 0 Å². The molecule has 0 aliphatic carbocycles. The van der Waals surface area contributed by atoms with Gasteiger partial charge in [0, 0.05) is 23.9 Å². The number of para-hydroxylation sites is 1. The summed E-state index contributed by atoms with van der Waals surface area (Å²) in [6.07, 6.45) is 0. The first kappa shape index (κ1) is 23.1.